The van der Waals surface area contributed by atoms with Crippen molar-refractivity contribution in [2.45, 2.75) is 20.3 Å². The van der Waals surface area contributed by atoms with Crippen molar-refractivity contribution in [3.05, 3.63) is 54.7 Å². The third-order valence-corrected chi connectivity index (χ3v) is 7.07. The van der Waals surface area contributed by atoms with Gasteiger partial charge in [-0.3, -0.25) is 5.32 Å². The molecule has 0 unspecified atom stereocenters. The van der Waals surface area contributed by atoms with E-state index >= 15 is 0 Å². The van der Waals surface area contributed by atoms with Crippen LogP contribution in [0.5, 0.6) is 0 Å². The minimum Gasteiger partial charge on any atom is -0.359 e. The van der Waals surface area contributed by atoms with E-state index in [1.54, 1.807) is 12.4 Å². The van der Waals surface area contributed by atoms with Gasteiger partial charge in [0.15, 0.2) is 10.9 Å². The van der Waals surface area contributed by atoms with Gasteiger partial charge < -0.3 is 25.0 Å². The fourth-order valence-electron chi connectivity index (χ4n) is 3.99. The molecule has 3 N–H and O–H groups in total. The number of likely N-dealkylation sites (N-methyl/N-ethyl adjacent to an activating group) is 1. The molecule has 0 atom stereocenters. The summed E-state index contributed by atoms with van der Waals surface area (Å²) in [4.78, 5) is 31.3. The fourth-order valence-corrected chi connectivity index (χ4v) is 4.82. The first-order valence-electron chi connectivity index (χ1n) is 12.3. The van der Waals surface area contributed by atoms with Crippen LogP contribution in [0.1, 0.15) is 19.6 Å². The predicted octanol–water partition coefficient (Wildman–Crippen LogP) is 4.68. The van der Waals surface area contributed by atoms with Crippen LogP contribution in [0.2, 0.25) is 0 Å². The Morgan fingerprint density at radius 1 is 1.00 bits per heavy atom. The molecule has 11 nitrogen and oxygen atoms in total. The highest BCUT2D eigenvalue weighted by molar-refractivity contribution is 7.18. The molecule has 0 saturated carbocycles. The monoisotopic (exact) mass is 519 g/mol. The minimum absolute atomic E-state index is 0.380. The Bertz CT molecular complexity index is 1330. The normalized spacial score (nSPS) is 13.9. The van der Waals surface area contributed by atoms with Crippen LogP contribution in [0.25, 0.3) is 10.4 Å². The second-order valence-corrected chi connectivity index (χ2v) is 9.56. The zero-order valence-corrected chi connectivity index (χ0v) is 21.6. The second-order valence-electron chi connectivity index (χ2n) is 8.53. The van der Waals surface area contributed by atoms with Gasteiger partial charge in [-0.15, -0.1) is 0 Å². The van der Waals surface area contributed by atoms with Gasteiger partial charge in [0, 0.05) is 56.6 Å². The number of rotatable bonds is 8. The number of hydrogen-bond acceptors (Lipinski definition) is 10. The summed E-state index contributed by atoms with van der Waals surface area (Å²) < 4.78 is 5.10. The summed E-state index contributed by atoms with van der Waals surface area (Å²) in [6, 6.07) is 10.9. The van der Waals surface area contributed by atoms with Crippen molar-refractivity contribution in [2.75, 3.05) is 53.6 Å². The van der Waals surface area contributed by atoms with Gasteiger partial charge in [0.1, 0.15) is 23.7 Å². The maximum absolute atomic E-state index is 12.2. The lowest BCUT2D eigenvalue weighted by atomic mass is 10.2. The van der Waals surface area contributed by atoms with E-state index < -0.39 is 0 Å². The number of hydrogen-bond donors (Lipinski definition) is 3. The Labute approximate surface area is 218 Å². The number of anilines is 5. The number of amides is 2. The van der Waals surface area contributed by atoms with Crippen LogP contribution in [0.15, 0.2) is 53.4 Å². The number of carbonyl (C=O) groups excluding carboxylic acids is 1. The molecule has 37 heavy (non-hydrogen) atoms. The molecule has 1 aliphatic heterocycles. The number of nitrogens with zero attached hydrogens (tertiary/aromatic N) is 6. The van der Waals surface area contributed by atoms with Gasteiger partial charge in [-0.25, -0.2) is 19.7 Å². The molecule has 4 heterocycles. The molecule has 5 rings (SSSR count). The summed E-state index contributed by atoms with van der Waals surface area (Å²) >= 11 is 1.53. The van der Waals surface area contributed by atoms with Crippen molar-refractivity contribution in [3.8, 4) is 10.4 Å². The zero-order chi connectivity index (χ0) is 25.6. The lowest BCUT2D eigenvalue weighted by molar-refractivity contribution is 0.262. The predicted molar refractivity (Wildman–Crippen MR) is 146 cm³/mol. The van der Waals surface area contributed by atoms with Crippen molar-refractivity contribution in [1.82, 2.24) is 25.0 Å². The summed E-state index contributed by atoms with van der Waals surface area (Å²) in [6.45, 7) is 9.22. The Morgan fingerprint density at radius 3 is 2.54 bits per heavy atom. The van der Waals surface area contributed by atoms with Crippen LogP contribution in [0, 0.1) is 0 Å². The van der Waals surface area contributed by atoms with Gasteiger partial charge in [0.25, 0.3) is 0 Å². The number of piperazine rings is 1. The molecule has 1 aromatic carbocycles. The molecule has 1 aliphatic rings. The highest BCUT2D eigenvalue weighted by Gasteiger charge is 2.17. The molecule has 4 aromatic rings. The summed E-state index contributed by atoms with van der Waals surface area (Å²) in [5.74, 6) is 2.73. The quantitative estimate of drug-likeness (QED) is 0.304. The van der Waals surface area contributed by atoms with E-state index in [1.807, 2.05) is 43.5 Å². The number of urea groups is 1. The van der Waals surface area contributed by atoms with Crippen LogP contribution >= 0.6 is 11.3 Å². The highest BCUT2D eigenvalue weighted by Crippen LogP contribution is 2.31. The van der Waals surface area contributed by atoms with Gasteiger partial charge in [-0.05, 0) is 24.2 Å². The van der Waals surface area contributed by atoms with Crippen molar-refractivity contribution in [1.29, 1.82) is 0 Å². The minimum atomic E-state index is -0.385. The maximum Gasteiger partial charge on any atom is 0.324 e. The van der Waals surface area contributed by atoms with Crippen molar-refractivity contribution in [3.63, 3.8) is 0 Å². The molecule has 0 aliphatic carbocycles. The Kier molecular flexibility index (Phi) is 7.57. The summed E-state index contributed by atoms with van der Waals surface area (Å²) in [5, 5.41) is 13.3. The molecule has 3 aromatic heterocycles. The fraction of sp³-hybridized carbons (Fsp3) is 0.320. The topological polar surface area (TPSA) is 124 Å². The summed E-state index contributed by atoms with van der Waals surface area (Å²) in [7, 11) is 0. The Morgan fingerprint density at radius 2 is 1.81 bits per heavy atom. The SMILES string of the molecule is CCc1cc(NC(=O)Nc2ccc(-c3cnc(Nc4cc(N5CCN(CC)CC5)ncn4)s3)cc2)no1. The third kappa shape index (κ3) is 6.22. The number of thiazole rings is 1. The maximum atomic E-state index is 12.2. The highest BCUT2D eigenvalue weighted by atomic mass is 32.1. The molecule has 0 bridgehead atoms. The Hall–Kier alpha value is -4.03. The first-order chi connectivity index (χ1) is 18.1. The van der Waals surface area contributed by atoms with E-state index in [-0.39, 0.29) is 6.03 Å². The van der Waals surface area contributed by atoms with Crippen LogP contribution in [-0.2, 0) is 6.42 Å². The molecule has 0 spiro atoms. The largest absolute Gasteiger partial charge is 0.359 e. The van der Waals surface area contributed by atoms with E-state index in [1.165, 1.54) is 11.3 Å². The van der Waals surface area contributed by atoms with Crippen LogP contribution in [0.4, 0.5) is 33.1 Å². The number of benzene rings is 1. The lowest BCUT2D eigenvalue weighted by Crippen LogP contribution is -2.46. The third-order valence-electron chi connectivity index (χ3n) is 6.11. The molecular weight excluding hydrogens is 490 g/mol. The van der Waals surface area contributed by atoms with E-state index in [4.69, 9.17) is 4.52 Å². The van der Waals surface area contributed by atoms with Gasteiger partial charge in [0.2, 0.25) is 0 Å². The standard InChI is InChI=1S/C25H29N9O2S/c1-3-19-13-22(32-36-19)30-24(35)29-18-7-5-17(6-8-18)20-15-26-25(37-20)31-21-14-23(28-16-27-21)34-11-9-33(4-2)10-12-34/h5-8,13-16H,3-4,9-12H2,1-2H3,(H,26,27,28,31)(H2,29,30,32,35). The van der Waals surface area contributed by atoms with E-state index in [2.05, 4.69) is 52.8 Å². The van der Waals surface area contributed by atoms with E-state index in [0.29, 0.717) is 29.5 Å². The summed E-state index contributed by atoms with van der Waals surface area (Å²) in [5.41, 5.74) is 1.66. The average molecular weight is 520 g/mol. The molecule has 0 radical (unpaired) electrons. The molecule has 12 heteroatoms. The van der Waals surface area contributed by atoms with Crippen molar-refractivity contribution in [2.24, 2.45) is 0 Å². The number of aromatic nitrogens is 4. The van der Waals surface area contributed by atoms with Crippen molar-refractivity contribution >= 4 is 45.6 Å². The molecule has 2 amide bonds. The number of aryl methyl sites for hydroxylation is 1. The molecule has 1 saturated heterocycles. The van der Waals surface area contributed by atoms with Gasteiger partial charge in [-0.1, -0.05) is 42.5 Å². The first-order valence-corrected chi connectivity index (χ1v) is 13.1. The van der Waals surface area contributed by atoms with E-state index in [0.717, 1.165) is 54.1 Å². The average Bonchev–Trinajstić information content (AvgIpc) is 3.59. The lowest BCUT2D eigenvalue weighted by Gasteiger charge is -2.34. The van der Waals surface area contributed by atoms with Crippen LogP contribution in [0.3, 0.4) is 0 Å². The van der Waals surface area contributed by atoms with Crippen molar-refractivity contribution < 1.29 is 9.32 Å². The zero-order valence-electron chi connectivity index (χ0n) is 20.8. The number of carbonyl (C=O) groups is 1. The molecule has 1 fully saturated rings. The second kappa shape index (κ2) is 11.4. The van der Waals surface area contributed by atoms with Gasteiger partial charge >= 0.3 is 6.03 Å². The van der Waals surface area contributed by atoms with Gasteiger partial charge in [-0.2, -0.15) is 0 Å². The van der Waals surface area contributed by atoms with Crippen LogP contribution in [-0.4, -0.2) is 63.8 Å². The smallest absolute Gasteiger partial charge is 0.324 e. The molecule has 192 valence electrons. The first kappa shape index (κ1) is 24.7. The van der Waals surface area contributed by atoms with E-state index in [9.17, 15) is 4.79 Å². The van der Waals surface area contributed by atoms with Gasteiger partial charge in [0.05, 0.1) is 4.88 Å². The Balaban J connectivity index is 1.17. The summed E-state index contributed by atoms with van der Waals surface area (Å²) in [6.07, 6.45) is 4.12. The van der Waals surface area contributed by atoms with Crippen LogP contribution < -0.4 is 20.9 Å². The number of nitrogens with one attached hydrogen (secondary N) is 3. The molecular formula is C25H29N9O2S.